The van der Waals surface area contributed by atoms with Crippen LogP contribution in [0.5, 0.6) is 0 Å². The van der Waals surface area contributed by atoms with E-state index < -0.39 is 0 Å². The summed E-state index contributed by atoms with van der Waals surface area (Å²) in [4.78, 5) is 15.3. The molecule has 0 bridgehead atoms. The van der Waals surface area contributed by atoms with Crippen molar-refractivity contribution in [2.24, 2.45) is 5.92 Å². The van der Waals surface area contributed by atoms with Crippen molar-refractivity contribution in [1.82, 2.24) is 9.47 Å². The van der Waals surface area contributed by atoms with Gasteiger partial charge in [-0.05, 0) is 32.3 Å². The number of benzene rings is 1. The molecule has 1 amide bonds. The lowest BCUT2D eigenvalue weighted by Crippen LogP contribution is -2.48. The molecule has 5 heteroatoms. The van der Waals surface area contributed by atoms with E-state index in [4.69, 9.17) is 4.74 Å². The van der Waals surface area contributed by atoms with Crippen LogP contribution in [0.25, 0.3) is 10.9 Å². The minimum absolute atomic E-state index is 0.0275. The van der Waals surface area contributed by atoms with Gasteiger partial charge in [0, 0.05) is 48.8 Å². The number of likely N-dealkylation sites (tertiary alicyclic amines) is 1. The SMILES string of the molecule is CCn1cc(C(=O)N2CCC[C@@H]2[C@H]2COCC[C@@H]2O)c2ccccc21. The number of carbonyl (C=O) groups excluding carboxylic acids is 1. The second kappa shape index (κ2) is 6.81. The Bertz CT molecular complexity index is 769. The van der Waals surface area contributed by atoms with Crippen LogP contribution in [0.2, 0.25) is 0 Å². The summed E-state index contributed by atoms with van der Waals surface area (Å²) in [5.74, 6) is 0.114. The smallest absolute Gasteiger partial charge is 0.256 e. The maximum absolute atomic E-state index is 13.3. The minimum atomic E-state index is -0.371. The van der Waals surface area contributed by atoms with Crippen molar-refractivity contribution in [3.8, 4) is 0 Å². The number of rotatable bonds is 3. The summed E-state index contributed by atoms with van der Waals surface area (Å²) in [6, 6.07) is 8.16. The van der Waals surface area contributed by atoms with Gasteiger partial charge in [-0.2, -0.15) is 0 Å². The molecule has 4 rings (SSSR count). The molecule has 2 aliphatic heterocycles. The maximum Gasteiger partial charge on any atom is 0.256 e. The van der Waals surface area contributed by atoms with Crippen LogP contribution in [-0.4, -0.2) is 52.4 Å². The van der Waals surface area contributed by atoms with Crippen LogP contribution in [0.1, 0.15) is 36.5 Å². The van der Waals surface area contributed by atoms with E-state index >= 15 is 0 Å². The standard InChI is InChI=1S/C20H26N2O3/c1-2-21-12-15(14-6-3-4-7-17(14)21)20(24)22-10-5-8-18(22)16-13-25-11-9-19(16)23/h3-4,6-7,12,16,18-19,23H,2,5,8-11,13H2,1H3/t16-,18-,19+/m1/s1. The molecule has 0 saturated carbocycles. The molecule has 0 spiro atoms. The third-order valence-electron chi connectivity index (χ3n) is 5.78. The third kappa shape index (κ3) is 2.85. The Morgan fingerprint density at radius 2 is 2.16 bits per heavy atom. The van der Waals surface area contributed by atoms with Gasteiger partial charge in [0.15, 0.2) is 0 Å². The average molecular weight is 342 g/mol. The molecule has 0 radical (unpaired) electrons. The van der Waals surface area contributed by atoms with E-state index in [1.165, 1.54) is 0 Å². The number of hydrogen-bond acceptors (Lipinski definition) is 3. The number of carbonyl (C=O) groups is 1. The van der Waals surface area contributed by atoms with Gasteiger partial charge < -0.3 is 19.3 Å². The lowest BCUT2D eigenvalue weighted by molar-refractivity contribution is -0.0589. The molecule has 2 aliphatic rings. The number of aliphatic hydroxyl groups excluding tert-OH is 1. The van der Waals surface area contributed by atoms with Crippen LogP contribution in [0, 0.1) is 5.92 Å². The van der Waals surface area contributed by atoms with Crippen LogP contribution >= 0.6 is 0 Å². The lowest BCUT2D eigenvalue weighted by atomic mass is 9.89. The Morgan fingerprint density at radius 3 is 2.96 bits per heavy atom. The molecule has 1 aromatic heterocycles. The zero-order valence-corrected chi connectivity index (χ0v) is 14.7. The van der Waals surface area contributed by atoms with Gasteiger partial charge >= 0.3 is 0 Å². The molecule has 2 fully saturated rings. The van der Waals surface area contributed by atoms with E-state index in [9.17, 15) is 9.90 Å². The van der Waals surface area contributed by atoms with Crippen molar-refractivity contribution < 1.29 is 14.6 Å². The van der Waals surface area contributed by atoms with Gasteiger partial charge in [-0.3, -0.25) is 4.79 Å². The van der Waals surface area contributed by atoms with Gasteiger partial charge in [0.25, 0.3) is 5.91 Å². The first-order valence-corrected chi connectivity index (χ1v) is 9.35. The molecule has 0 aliphatic carbocycles. The van der Waals surface area contributed by atoms with Crippen molar-refractivity contribution in [3.63, 3.8) is 0 Å². The van der Waals surface area contributed by atoms with Crippen molar-refractivity contribution in [3.05, 3.63) is 36.0 Å². The quantitative estimate of drug-likeness (QED) is 0.933. The van der Waals surface area contributed by atoms with Gasteiger partial charge in [0.2, 0.25) is 0 Å². The second-order valence-electron chi connectivity index (χ2n) is 7.15. The number of aryl methyl sites for hydroxylation is 1. The van der Waals surface area contributed by atoms with E-state index in [0.717, 1.165) is 42.4 Å². The van der Waals surface area contributed by atoms with Crippen LogP contribution in [-0.2, 0) is 11.3 Å². The molecule has 2 saturated heterocycles. The molecule has 134 valence electrons. The van der Waals surface area contributed by atoms with Crippen molar-refractivity contribution >= 4 is 16.8 Å². The summed E-state index contributed by atoms with van der Waals surface area (Å²) in [6.07, 6.45) is 4.22. The Balaban J connectivity index is 1.66. The summed E-state index contributed by atoms with van der Waals surface area (Å²) in [5, 5.41) is 11.4. The molecule has 25 heavy (non-hydrogen) atoms. The normalized spacial score (nSPS) is 27.1. The van der Waals surface area contributed by atoms with Crippen molar-refractivity contribution in [2.75, 3.05) is 19.8 Å². The molecule has 5 nitrogen and oxygen atoms in total. The zero-order chi connectivity index (χ0) is 17.4. The van der Waals surface area contributed by atoms with Crippen molar-refractivity contribution in [1.29, 1.82) is 0 Å². The Hall–Kier alpha value is -1.85. The van der Waals surface area contributed by atoms with Crippen molar-refractivity contribution in [2.45, 2.75) is 44.9 Å². The highest BCUT2D eigenvalue weighted by Gasteiger charge is 2.40. The number of amides is 1. The first kappa shape index (κ1) is 16.6. The summed E-state index contributed by atoms with van der Waals surface area (Å²) >= 11 is 0. The number of fused-ring (bicyclic) bond motifs is 1. The van der Waals surface area contributed by atoms with Gasteiger partial charge in [0.1, 0.15) is 0 Å². The largest absolute Gasteiger partial charge is 0.393 e. The Morgan fingerprint density at radius 1 is 1.32 bits per heavy atom. The number of aliphatic hydroxyl groups is 1. The van der Waals surface area contributed by atoms with Crippen LogP contribution in [0.4, 0.5) is 0 Å². The summed E-state index contributed by atoms with van der Waals surface area (Å²) in [6.45, 7) is 4.86. The summed E-state index contributed by atoms with van der Waals surface area (Å²) < 4.78 is 7.72. The first-order chi connectivity index (χ1) is 12.2. The van der Waals surface area contributed by atoms with E-state index in [1.807, 2.05) is 29.3 Å². The van der Waals surface area contributed by atoms with Gasteiger partial charge in [0.05, 0.1) is 18.3 Å². The molecule has 1 N–H and O–H groups in total. The first-order valence-electron chi connectivity index (χ1n) is 9.35. The number of aromatic nitrogens is 1. The van der Waals surface area contributed by atoms with E-state index in [0.29, 0.717) is 19.6 Å². The number of ether oxygens (including phenoxy) is 1. The molecule has 3 atom stereocenters. The van der Waals surface area contributed by atoms with Crippen LogP contribution in [0.15, 0.2) is 30.5 Å². The Kier molecular flexibility index (Phi) is 4.52. The number of nitrogens with zero attached hydrogens (tertiary/aromatic N) is 2. The molecule has 1 aromatic carbocycles. The molecule has 0 unspecified atom stereocenters. The predicted octanol–water partition coefficient (Wildman–Crippen LogP) is 2.66. The molecule has 2 aromatic rings. The lowest BCUT2D eigenvalue weighted by Gasteiger charge is -2.37. The fraction of sp³-hybridized carbons (Fsp3) is 0.550. The van der Waals surface area contributed by atoms with E-state index in [1.54, 1.807) is 0 Å². The topological polar surface area (TPSA) is 54.7 Å². The third-order valence-corrected chi connectivity index (χ3v) is 5.78. The van der Waals surface area contributed by atoms with E-state index in [2.05, 4.69) is 17.6 Å². The fourth-order valence-electron chi connectivity index (χ4n) is 4.44. The predicted molar refractivity (Wildman–Crippen MR) is 96.6 cm³/mol. The van der Waals surface area contributed by atoms with E-state index in [-0.39, 0.29) is 24.0 Å². The Labute approximate surface area is 148 Å². The highest BCUT2D eigenvalue weighted by atomic mass is 16.5. The van der Waals surface area contributed by atoms with Crippen LogP contribution in [0.3, 0.4) is 0 Å². The van der Waals surface area contributed by atoms with Gasteiger partial charge in [-0.15, -0.1) is 0 Å². The number of para-hydroxylation sites is 1. The van der Waals surface area contributed by atoms with Crippen LogP contribution < -0.4 is 0 Å². The fourth-order valence-corrected chi connectivity index (χ4v) is 4.44. The number of hydrogen-bond donors (Lipinski definition) is 1. The van der Waals surface area contributed by atoms with Gasteiger partial charge in [-0.1, -0.05) is 18.2 Å². The average Bonchev–Trinajstić information content (AvgIpc) is 3.26. The van der Waals surface area contributed by atoms with Gasteiger partial charge in [-0.25, -0.2) is 0 Å². The molecular weight excluding hydrogens is 316 g/mol. The zero-order valence-electron chi connectivity index (χ0n) is 14.7. The highest BCUT2D eigenvalue weighted by Crippen LogP contribution is 2.32. The molecule has 3 heterocycles. The summed E-state index contributed by atoms with van der Waals surface area (Å²) in [7, 11) is 0. The minimum Gasteiger partial charge on any atom is -0.393 e. The monoisotopic (exact) mass is 342 g/mol. The highest BCUT2D eigenvalue weighted by molar-refractivity contribution is 6.07. The summed E-state index contributed by atoms with van der Waals surface area (Å²) in [5.41, 5.74) is 1.88. The maximum atomic E-state index is 13.3. The molecular formula is C20H26N2O3. The second-order valence-corrected chi connectivity index (χ2v) is 7.15.